The number of amides is 2. The fraction of sp³-hybridized carbons (Fsp3) is 0.0800. The number of fused-ring (bicyclic) bond motifs is 1. The molecule has 0 fully saturated rings. The van der Waals surface area contributed by atoms with E-state index in [0.29, 0.717) is 28.2 Å². The van der Waals surface area contributed by atoms with Gasteiger partial charge in [-0.2, -0.15) is 5.10 Å². The lowest BCUT2D eigenvalue weighted by atomic mass is 10.1. The zero-order valence-corrected chi connectivity index (χ0v) is 18.1. The van der Waals surface area contributed by atoms with Crippen molar-refractivity contribution in [3.05, 3.63) is 89.1 Å². The lowest BCUT2D eigenvalue weighted by molar-refractivity contribution is -0.117. The topological polar surface area (TPSA) is 118 Å². The molecule has 0 aromatic heterocycles. The Labute approximate surface area is 195 Å². The number of para-hydroxylation sites is 1. The Morgan fingerprint density at radius 1 is 1.03 bits per heavy atom. The highest BCUT2D eigenvalue weighted by Gasteiger charge is 2.17. The van der Waals surface area contributed by atoms with Crippen LogP contribution < -0.4 is 25.0 Å². The SMILES string of the molecule is COc1cccc(/C=N\NC(=O)/C(=C/c2ccc3c(c2)OCO3)NC(=O)c2ccccc2)c1O. The van der Waals surface area contributed by atoms with E-state index in [1.54, 1.807) is 66.7 Å². The van der Waals surface area contributed by atoms with Crippen molar-refractivity contribution in [1.29, 1.82) is 0 Å². The summed E-state index contributed by atoms with van der Waals surface area (Å²) in [6.45, 7) is 0.117. The van der Waals surface area contributed by atoms with Crippen molar-refractivity contribution >= 4 is 24.1 Å². The monoisotopic (exact) mass is 459 g/mol. The van der Waals surface area contributed by atoms with E-state index in [0.717, 1.165) is 0 Å². The molecule has 0 unspecified atom stereocenters. The number of benzene rings is 3. The maximum atomic E-state index is 12.9. The Hall–Kier alpha value is -4.79. The average Bonchev–Trinajstić information content (AvgIpc) is 3.33. The Morgan fingerprint density at radius 2 is 1.82 bits per heavy atom. The molecule has 0 saturated carbocycles. The highest BCUT2D eigenvalue weighted by Crippen LogP contribution is 2.33. The van der Waals surface area contributed by atoms with E-state index < -0.39 is 11.8 Å². The van der Waals surface area contributed by atoms with Crippen LogP contribution in [0.15, 0.2) is 77.5 Å². The van der Waals surface area contributed by atoms with Crippen molar-refractivity contribution in [2.45, 2.75) is 0 Å². The third-order valence-electron chi connectivity index (χ3n) is 4.86. The van der Waals surface area contributed by atoms with E-state index in [1.165, 1.54) is 19.4 Å². The van der Waals surface area contributed by atoms with Crippen LogP contribution >= 0.6 is 0 Å². The van der Waals surface area contributed by atoms with Gasteiger partial charge in [-0.25, -0.2) is 5.43 Å². The Morgan fingerprint density at radius 3 is 2.62 bits per heavy atom. The van der Waals surface area contributed by atoms with Crippen LogP contribution in [0, 0.1) is 0 Å². The van der Waals surface area contributed by atoms with Gasteiger partial charge in [0.25, 0.3) is 11.8 Å². The van der Waals surface area contributed by atoms with Crippen LogP contribution in [-0.4, -0.2) is 37.0 Å². The lowest BCUT2D eigenvalue weighted by Gasteiger charge is -2.10. The lowest BCUT2D eigenvalue weighted by Crippen LogP contribution is -2.32. The molecule has 3 N–H and O–H groups in total. The fourth-order valence-electron chi connectivity index (χ4n) is 3.14. The number of nitrogens with one attached hydrogen (secondary N) is 2. The first-order valence-electron chi connectivity index (χ1n) is 10.2. The second-order valence-electron chi connectivity index (χ2n) is 7.09. The van der Waals surface area contributed by atoms with Gasteiger partial charge in [-0.05, 0) is 48.0 Å². The van der Waals surface area contributed by atoms with Gasteiger partial charge in [-0.15, -0.1) is 0 Å². The molecule has 1 heterocycles. The summed E-state index contributed by atoms with van der Waals surface area (Å²) in [6.07, 6.45) is 2.77. The van der Waals surface area contributed by atoms with Crippen LogP contribution in [-0.2, 0) is 4.79 Å². The quantitative estimate of drug-likeness (QED) is 0.284. The molecule has 0 aliphatic carbocycles. The van der Waals surface area contributed by atoms with Crippen LogP contribution in [0.4, 0.5) is 0 Å². The van der Waals surface area contributed by atoms with Crippen molar-refractivity contribution in [2.24, 2.45) is 5.10 Å². The predicted octanol–water partition coefficient (Wildman–Crippen LogP) is 3.05. The van der Waals surface area contributed by atoms with Crippen LogP contribution in [0.1, 0.15) is 21.5 Å². The fourth-order valence-corrected chi connectivity index (χ4v) is 3.14. The molecule has 9 nitrogen and oxygen atoms in total. The molecular formula is C25H21N3O6. The predicted molar refractivity (Wildman–Crippen MR) is 125 cm³/mol. The van der Waals surface area contributed by atoms with Crippen LogP contribution in [0.5, 0.6) is 23.0 Å². The molecule has 0 bridgehead atoms. The van der Waals surface area contributed by atoms with Crippen LogP contribution in [0.2, 0.25) is 0 Å². The Bertz CT molecular complexity index is 1270. The van der Waals surface area contributed by atoms with Crippen LogP contribution in [0.25, 0.3) is 6.08 Å². The third kappa shape index (κ3) is 5.16. The number of hydrazone groups is 1. The normalized spacial score (nSPS) is 12.4. The van der Waals surface area contributed by atoms with Crippen molar-refractivity contribution in [3.63, 3.8) is 0 Å². The summed E-state index contributed by atoms with van der Waals surface area (Å²) in [7, 11) is 1.43. The third-order valence-corrected chi connectivity index (χ3v) is 4.86. The summed E-state index contributed by atoms with van der Waals surface area (Å²) >= 11 is 0. The first-order valence-corrected chi connectivity index (χ1v) is 10.2. The van der Waals surface area contributed by atoms with E-state index >= 15 is 0 Å². The molecule has 1 aliphatic heterocycles. The molecule has 0 spiro atoms. The first kappa shape index (κ1) is 22.4. The van der Waals surface area contributed by atoms with Crippen LogP contribution in [0.3, 0.4) is 0 Å². The Balaban J connectivity index is 1.57. The van der Waals surface area contributed by atoms with Gasteiger partial charge >= 0.3 is 0 Å². The van der Waals surface area contributed by atoms with Gasteiger partial charge < -0.3 is 24.6 Å². The maximum Gasteiger partial charge on any atom is 0.287 e. The highest BCUT2D eigenvalue weighted by atomic mass is 16.7. The minimum Gasteiger partial charge on any atom is -0.504 e. The molecule has 172 valence electrons. The van der Waals surface area contributed by atoms with Gasteiger partial charge in [0, 0.05) is 11.1 Å². The second-order valence-corrected chi connectivity index (χ2v) is 7.09. The number of phenols is 1. The number of nitrogens with zero attached hydrogens (tertiary/aromatic N) is 1. The van der Waals surface area contributed by atoms with Crippen molar-refractivity contribution in [2.75, 3.05) is 13.9 Å². The van der Waals surface area contributed by atoms with E-state index in [4.69, 9.17) is 14.2 Å². The molecule has 9 heteroatoms. The van der Waals surface area contributed by atoms with Gasteiger partial charge in [0.05, 0.1) is 13.3 Å². The zero-order valence-electron chi connectivity index (χ0n) is 18.1. The van der Waals surface area contributed by atoms with E-state index in [2.05, 4.69) is 15.8 Å². The van der Waals surface area contributed by atoms with Gasteiger partial charge in [0.2, 0.25) is 6.79 Å². The number of carbonyl (C=O) groups excluding carboxylic acids is 2. The number of methoxy groups -OCH3 is 1. The summed E-state index contributed by atoms with van der Waals surface area (Å²) in [6, 6.07) is 18.5. The van der Waals surface area contributed by atoms with Gasteiger partial charge in [0.1, 0.15) is 5.70 Å². The smallest absolute Gasteiger partial charge is 0.287 e. The minimum atomic E-state index is -0.666. The molecule has 2 amide bonds. The van der Waals surface area contributed by atoms with E-state index in [1.807, 2.05) is 0 Å². The Kier molecular flexibility index (Phi) is 6.73. The number of ether oxygens (including phenoxy) is 3. The number of rotatable bonds is 7. The molecule has 0 radical (unpaired) electrons. The van der Waals surface area contributed by atoms with Gasteiger partial charge in [-0.1, -0.05) is 30.3 Å². The van der Waals surface area contributed by atoms with E-state index in [-0.39, 0.29) is 24.0 Å². The summed E-state index contributed by atoms with van der Waals surface area (Å²) in [5.74, 6) is 0.164. The highest BCUT2D eigenvalue weighted by molar-refractivity contribution is 6.05. The zero-order chi connectivity index (χ0) is 23.9. The molecular weight excluding hydrogens is 438 g/mol. The number of phenolic OH excluding ortho intramolecular Hbond substituents is 1. The first-order chi connectivity index (χ1) is 16.5. The summed E-state index contributed by atoms with van der Waals surface area (Å²) in [5.41, 5.74) is 3.66. The minimum absolute atomic E-state index is 0.0419. The molecule has 0 saturated heterocycles. The molecule has 1 aliphatic rings. The summed E-state index contributed by atoms with van der Waals surface area (Å²) in [5, 5.41) is 16.7. The second kappa shape index (κ2) is 10.2. The number of aromatic hydroxyl groups is 1. The summed E-state index contributed by atoms with van der Waals surface area (Å²) in [4.78, 5) is 25.6. The molecule has 4 rings (SSSR count). The summed E-state index contributed by atoms with van der Waals surface area (Å²) < 4.78 is 15.7. The number of carbonyl (C=O) groups is 2. The van der Waals surface area contributed by atoms with Crippen molar-refractivity contribution < 1.29 is 28.9 Å². The van der Waals surface area contributed by atoms with E-state index in [9.17, 15) is 14.7 Å². The van der Waals surface area contributed by atoms with Gasteiger partial charge in [0.15, 0.2) is 23.0 Å². The number of hydrogen-bond donors (Lipinski definition) is 3. The molecule has 0 atom stereocenters. The van der Waals surface area contributed by atoms with Crippen molar-refractivity contribution in [1.82, 2.24) is 10.7 Å². The standard InChI is InChI=1S/C25H21N3O6/c1-32-21-9-5-8-18(23(21)29)14-26-28-25(31)19(27-24(30)17-6-3-2-4-7-17)12-16-10-11-20-22(13-16)34-15-33-20/h2-14,29H,15H2,1H3,(H,27,30)(H,28,31)/b19-12-,26-14-. The maximum absolute atomic E-state index is 12.9. The molecule has 3 aromatic rings. The largest absolute Gasteiger partial charge is 0.504 e. The molecule has 34 heavy (non-hydrogen) atoms. The van der Waals surface area contributed by atoms with Gasteiger partial charge in [-0.3, -0.25) is 9.59 Å². The van der Waals surface area contributed by atoms with Crippen molar-refractivity contribution in [3.8, 4) is 23.0 Å². The molecule has 3 aromatic carbocycles. The number of hydrogen-bond acceptors (Lipinski definition) is 7. The average molecular weight is 459 g/mol.